The summed E-state index contributed by atoms with van der Waals surface area (Å²) >= 11 is 7.33. The summed E-state index contributed by atoms with van der Waals surface area (Å²) in [6, 6.07) is 2.96. The normalized spacial score (nSPS) is 11.2. The third kappa shape index (κ3) is 2.14. The maximum atomic E-state index is 13.7. The van der Waals surface area contributed by atoms with Crippen molar-refractivity contribution in [2.75, 3.05) is 0 Å². The van der Waals surface area contributed by atoms with Gasteiger partial charge in [-0.1, -0.05) is 11.6 Å². The minimum atomic E-state index is -1.06. The second kappa shape index (κ2) is 4.71. The lowest BCUT2D eigenvalue weighted by molar-refractivity contribution is 0.547. The molecule has 0 aliphatic rings. The number of benzene rings is 1. The monoisotopic (exact) mass is 314 g/mol. The molecule has 0 spiro atoms. The van der Waals surface area contributed by atoms with Crippen molar-refractivity contribution in [1.29, 1.82) is 0 Å². The minimum absolute atomic E-state index is 0.109. The molecule has 0 N–H and O–H groups in total. The Morgan fingerprint density at radius 2 is 1.70 bits per heavy atom. The third-order valence-electron chi connectivity index (χ3n) is 2.70. The molecule has 2 nitrogen and oxygen atoms in total. The van der Waals surface area contributed by atoms with Gasteiger partial charge >= 0.3 is 0 Å². The van der Waals surface area contributed by atoms with E-state index >= 15 is 0 Å². The summed E-state index contributed by atoms with van der Waals surface area (Å²) in [7, 11) is 0. The first-order valence-electron chi connectivity index (χ1n) is 5.54. The molecule has 0 aliphatic heterocycles. The second-order valence-corrected chi connectivity index (χ2v) is 5.75. The number of thiophene rings is 1. The van der Waals surface area contributed by atoms with Gasteiger partial charge in [0.05, 0.1) is 5.56 Å². The van der Waals surface area contributed by atoms with Crippen LogP contribution in [0.4, 0.5) is 13.2 Å². The van der Waals surface area contributed by atoms with Crippen molar-refractivity contribution in [1.82, 2.24) is 9.97 Å². The highest BCUT2D eigenvalue weighted by Crippen LogP contribution is 2.32. The van der Waals surface area contributed by atoms with Crippen molar-refractivity contribution < 1.29 is 13.2 Å². The van der Waals surface area contributed by atoms with Crippen LogP contribution in [0.3, 0.4) is 0 Å². The maximum Gasteiger partial charge on any atom is 0.168 e. The van der Waals surface area contributed by atoms with Crippen molar-refractivity contribution in [3.05, 3.63) is 45.7 Å². The first-order valence-corrected chi connectivity index (χ1v) is 6.74. The van der Waals surface area contributed by atoms with Crippen molar-refractivity contribution >= 4 is 33.2 Å². The lowest BCUT2D eigenvalue weighted by atomic mass is 10.1. The molecule has 102 valence electrons. The number of halogens is 4. The quantitative estimate of drug-likeness (QED) is 0.606. The SMILES string of the molecule is Cc1cc2c(Cl)nc(-c3c(F)cc(F)cc3F)nc2s1. The molecule has 2 aromatic heterocycles. The van der Waals surface area contributed by atoms with Gasteiger partial charge in [0.1, 0.15) is 27.4 Å². The number of rotatable bonds is 1. The lowest BCUT2D eigenvalue weighted by Crippen LogP contribution is -1.97. The summed E-state index contributed by atoms with van der Waals surface area (Å²) in [5.74, 6) is -3.32. The van der Waals surface area contributed by atoms with Gasteiger partial charge in [-0.05, 0) is 13.0 Å². The number of nitrogens with zero attached hydrogens (tertiary/aromatic N) is 2. The van der Waals surface area contributed by atoms with Crippen LogP contribution >= 0.6 is 22.9 Å². The topological polar surface area (TPSA) is 25.8 Å². The Bertz CT molecular complexity index is 809. The molecule has 0 amide bonds. The molecule has 0 saturated carbocycles. The van der Waals surface area contributed by atoms with Gasteiger partial charge < -0.3 is 0 Å². The zero-order chi connectivity index (χ0) is 14.4. The number of hydrogen-bond donors (Lipinski definition) is 0. The van der Waals surface area contributed by atoms with Crippen LogP contribution in [-0.4, -0.2) is 9.97 Å². The number of aromatic nitrogens is 2. The number of fused-ring (bicyclic) bond motifs is 1. The van der Waals surface area contributed by atoms with E-state index in [9.17, 15) is 13.2 Å². The van der Waals surface area contributed by atoms with E-state index in [0.717, 1.165) is 4.88 Å². The van der Waals surface area contributed by atoms with Crippen LogP contribution in [0.2, 0.25) is 5.15 Å². The van der Waals surface area contributed by atoms with Gasteiger partial charge in [0.15, 0.2) is 5.82 Å². The van der Waals surface area contributed by atoms with E-state index in [1.165, 1.54) is 11.3 Å². The van der Waals surface area contributed by atoms with E-state index in [-0.39, 0.29) is 11.0 Å². The Balaban J connectivity index is 2.30. The predicted molar refractivity (Wildman–Crippen MR) is 72.5 cm³/mol. The standard InChI is InChI=1S/C13H6ClF3N2S/c1-5-2-7-11(14)18-12(19-13(7)20-5)10-8(16)3-6(15)4-9(10)17/h2-4H,1H3. The molecule has 2 heterocycles. The van der Waals surface area contributed by atoms with Crippen LogP contribution in [0.5, 0.6) is 0 Å². The van der Waals surface area contributed by atoms with Crippen LogP contribution in [0, 0.1) is 24.4 Å². The molecule has 3 aromatic rings. The zero-order valence-electron chi connectivity index (χ0n) is 10.0. The summed E-state index contributed by atoms with van der Waals surface area (Å²) in [4.78, 5) is 9.47. The van der Waals surface area contributed by atoms with E-state index in [2.05, 4.69) is 9.97 Å². The van der Waals surface area contributed by atoms with E-state index < -0.39 is 23.0 Å². The molecule has 1 aromatic carbocycles. The van der Waals surface area contributed by atoms with Gasteiger partial charge in [-0.15, -0.1) is 11.3 Å². The molecule has 0 atom stereocenters. The fraction of sp³-hybridized carbons (Fsp3) is 0.0769. The Morgan fingerprint density at radius 1 is 1.05 bits per heavy atom. The summed E-state index contributed by atoms with van der Waals surface area (Å²) in [5.41, 5.74) is -0.485. The molecule has 0 unspecified atom stereocenters. The highest BCUT2D eigenvalue weighted by molar-refractivity contribution is 7.18. The molecular formula is C13H6ClF3N2S. The summed E-state index contributed by atoms with van der Waals surface area (Å²) in [6.45, 7) is 1.86. The molecule has 0 radical (unpaired) electrons. The lowest BCUT2D eigenvalue weighted by Gasteiger charge is -2.05. The Kier molecular flexibility index (Phi) is 3.14. The average Bonchev–Trinajstić information content (AvgIpc) is 2.69. The Morgan fingerprint density at radius 3 is 2.35 bits per heavy atom. The molecule has 7 heteroatoms. The largest absolute Gasteiger partial charge is 0.217 e. The Hall–Kier alpha value is -1.66. The van der Waals surface area contributed by atoms with E-state index in [4.69, 9.17) is 11.6 Å². The molecule has 0 aliphatic carbocycles. The van der Waals surface area contributed by atoms with Crippen molar-refractivity contribution in [3.63, 3.8) is 0 Å². The van der Waals surface area contributed by atoms with Gasteiger partial charge in [0.25, 0.3) is 0 Å². The summed E-state index contributed by atoms with van der Waals surface area (Å²) < 4.78 is 40.4. The van der Waals surface area contributed by atoms with Gasteiger partial charge in [0.2, 0.25) is 0 Å². The van der Waals surface area contributed by atoms with Gasteiger partial charge in [-0.3, -0.25) is 0 Å². The van der Waals surface area contributed by atoms with Gasteiger partial charge in [-0.25, -0.2) is 23.1 Å². The fourth-order valence-electron chi connectivity index (χ4n) is 1.87. The Labute approximate surface area is 120 Å². The van der Waals surface area contributed by atoms with Crippen LogP contribution in [0.1, 0.15) is 4.88 Å². The second-order valence-electron chi connectivity index (χ2n) is 4.16. The van der Waals surface area contributed by atoms with Gasteiger partial charge in [-0.2, -0.15) is 0 Å². The van der Waals surface area contributed by atoms with E-state index in [1.807, 2.05) is 6.92 Å². The van der Waals surface area contributed by atoms with Crippen LogP contribution in [0.15, 0.2) is 18.2 Å². The van der Waals surface area contributed by atoms with E-state index in [0.29, 0.717) is 22.3 Å². The molecule has 0 bridgehead atoms. The molecule has 0 fully saturated rings. The van der Waals surface area contributed by atoms with Crippen LogP contribution < -0.4 is 0 Å². The highest BCUT2D eigenvalue weighted by Gasteiger charge is 2.18. The van der Waals surface area contributed by atoms with Crippen molar-refractivity contribution in [2.45, 2.75) is 6.92 Å². The van der Waals surface area contributed by atoms with Crippen LogP contribution in [-0.2, 0) is 0 Å². The summed E-state index contributed by atoms with van der Waals surface area (Å²) in [6.07, 6.45) is 0. The maximum absolute atomic E-state index is 13.7. The average molecular weight is 315 g/mol. The van der Waals surface area contributed by atoms with Crippen LogP contribution in [0.25, 0.3) is 21.6 Å². The zero-order valence-corrected chi connectivity index (χ0v) is 11.6. The third-order valence-corrected chi connectivity index (χ3v) is 3.93. The molecule has 3 rings (SSSR count). The van der Waals surface area contributed by atoms with E-state index in [1.54, 1.807) is 6.07 Å². The first kappa shape index (κ1) is 13.3. The fourth-order valence-corrected chi connectivity index (χ4v) is 3.03. The predicted octanol–water partition coefficient (Wildman–Crippen LogP) is 4.74. The number of aryl methyl sites for hydroxylation is 1. The molecular weight excluding hydrogens is 309 g/mol. The summed E-state index contributed by atoms with van der Waals surface area (Å²) in [5, 5.41) is 0.735. The van der Waals surface area contributed by atoms with Gasteiger partial charge in [0, 0.05) is 22.4 Å². The first-order chi connectivity index (χ1) is 9.45. The number of hydrogen-bond acceptors (Lipinski definition) is 3. The van der Waals surface area contributed by atoms with Crippen molar-refractivity contribution in [3.8, 4) is 11.4 Å². The minimum Gasteiger partial charge on any atom is -0.217 e. The smallest absolute Gasteiger partial charge is 0.168 e. The molecule has 0 saturated heterocycles. The molecule has 20 heavy (non-hydrogen) atoms. The van der Waals surface area contributed by atoms with Crippen molar-refractivity contribution in [2.24, 2.45) is 0 Å². The highest BCUT2D eigenvalue weighted by atomic mass is 35.5.